The Labute approximate surface area is 149 Å². The summed E-state index contributed by atoms with van der Waals surface area (Å²) < 4.78 is 0.663. The fourth-order valence-corrected chi connectivity index (χ4v) is 2.92. The normalized spacial score (nSPS) is 9.79. The zero-order chi connectivity index (χ0) is 16.9. The Morgan fingerprint density at radius 1 is 0.708 bits per heavy atom. The molecule has 0 radical (unpaired) electrons. The van der Waals surface area contributed by atoms with Gasteiger partial charge in [-0.25, -0.2) is 0 Å². The third-order valence-electron chi connectivity index (χ3n) is 3.60. The van der Waals surface area contributed by atoms with Crippen LogP contribution in [0.4, 0.5) is 17.1 Å². The van der Waals surface area contributed by atoms with Crippen LogP contribution < -0.4 is 4.90 Å². The van der Waals surface area contributed by atoms with Gasteiger partial charge in [-0.15, -0.1) is 0 Å². The van der Waals surface area contributed by atoms with E-state index in [4.69, 9.17) is 0 Å². The fourth-order valence-electron chi connectivity index (χ4n) is 2.50. The van der Waals surface area contributed by atoms with Crippen molar-refractivity contribution in [3.63, 3.8) is 0 Å². The van der Waals surface area contributed by atoms with Crippen LogP contribution in [0.25, 0.3) is 0 Å². The molecule has 3 rings (SSSR count). The summed E-state index contributed by atoms with van der Waals surface area (Å²) in [6.07, 6.45) is 0. The molecule has 0 aliphatic rings. The van der Waals surface area contributed by atoms with Gasteiger partial charge in [0.1, 0.15) is 12.1 Å². The number of nitriles is 2. The summed E-state index contributed by atoms with van der Waals surface area (Å²) in [5.74, 6) is 0. The molecular weight excluding hydrogens is 362 g/mol. The van der Waals surface area contributed by atoms with Crippen LogP contribution in [0.5, 0.6) is 0 Å². The first-order valence-corrected chi connectivity index (χ1v) is 8.08. The number of hydrogen-bond acceptors (Lipinski definition) is 3. The Morgan fingerprint density at radius 3 is 1.67 bits per heavy atom. The molecule has 0 saturated carbocycles. The van der Waals surface area contributed by atoms with E-state index in [2.05, 4.69) is 28.1 Å². The minimum absolute atomic E-state index is 0.441. The first kappa shape index (κ1) is 15.8. The average Bonchev–Trinajstić information content (AvgIpc) is 2.64. The number of anilines is 3. The number of halogens is 1. The molecule has 0 aromatic heterocycles. The Bertz CT molecular complexity index is 899. The van der Waals surface area contributed by atoms with E-state index < -0.39 is 0 Å². The Hall–Kier alpha value is -3.08. The van der Waals surface area contributed by atoms with Gasteiger partial charge in [0.25, 0.3) is 0 Å². The van der Waals surface area contributed by atoms with Gasteiger partial charge in [-0.1, -0.05) is 36.4 Å². The van der Waals surface area contributed by atoms with Crippen molar-refractivity contribution in [1.29, 1.82) is 10.5 Å². The van der Waals surface area contributed by atoms with E-state index in [1.807, 2.05) is 71.6 Å². The highest BCUT2D eigenvalue weighted by Crippen LogP contribution is 2.38. The smallest absolute Gasteiger partial charge is 0.101 e. The lowest BCUT2D eigenvalue weighted by Crippen LogP contribution is -2.11. The third kappa shape index (κ3) is 3.01. The maximum atomic E-state index is 9.57. The maximum Gasteiger partial charge on any atom is 0.101 e. The van der Waals surface area contributed by atoms with Crippen molar-refractivity contribution in [2.75, 3.05) is 4.90 Å². The molecule has 0 spiro atoms. The van der Waals surface area contributed by atoms with E-state index in [1.54, 1.807) is 6.07 Å². The lowest BCUT2D eigenvalue weighted by molar-refractivity contribution is 1.26. The molecule has 0 atom stereocenters. The van der Waals surface area contributed by atoms with E-state index in [0.717, 1.165) is 17.1 Å². The van der Waals surface area contributed by atoms with Crippen molar-refractivity contribution in [2.45, 2.75) is 0 Å². The van der Waals surface area contributed by atoms with Crippen LogP contribution in [0.15, 0.2) is 77.3 Å². The number of benzene rings is 3. The quantitative estimate of drug-likeness (QED) is 0.594. The van der Waals surface area contributed by atoms with Crippen LogP contribution >= 0.6 is 15.9 Å². The summed E-state index contributed by atoms with van der Waals surface area (Å²) in [4.78, 5) is 2.00. The molecule has 3 aromatic rings. The lowest BCUT2D eigenvalue weighted by Gasteiger charge is -2.26. The van der Waals surface area contributed by atoms with E-state index in [1.165, 1.54) is 0 Å². The molecule has 3 aromatic carbocycles. The largest absolute Gasteiger partial charge is 0.309 e. The second kappa shape index (κ2) is 7.00. The first-order chi connectivity index (χ1) is 11.7. The molecular formula is C20H12BrN3. The van der Waals surface area contributed by atoms with Gasteiger partial charge in [-0.3, -0.25) is 0 Å². The lowest BCUT2D eigenvalue weighted by atomic mass is 10.1. The highest BCUT2D eigenvalue weighted by molar-refractivity contribution is 9.10. The summed E-state index contributed by atoms with van der Waals surface area (Å²) in [5.41, 5.74) is 3.49. The molecule has 0 saturated heterocycles. The van der Waals surface area contributed by atoms with Gasteiger partial charge in [0.15, 0.2) is 0 Å². The van der Waals surface area contributed by atoms with Crippen molar-refractivity contribution in [3.8, 4) is 12.1 Å². The van der Waals surface area contributed by atoms with Gasteiger partial charge in [0.05, 0.1) is 16.8 Å². The van der Waals surface area contributed by atoms with Crippen molar-refractivity contribution < 1.29 is 0 Å². The monoisotopic (exact) mass is 373 g/mol. The first-order valence-electron chi connectivity index (χ1n) is 7.28. The van der Waals surface area contributed by atoms with Gasteiger partial charge in [0.2, 0.25) is 0 Å². The topological polar surface area (TPSA) is 50.8 Å². The van der Waals surface area contributed by atoms with Crippen LogP contribution in [-0.4, -0.2) is 0 Å². The molecule has 0 unspecified atom stereocenters. The minimum atomic E-state index is 0.441. The zero-order valence-electron chi connectivity index (χ0n) is 12.6. The Morgan fingerprint density at radius 2 is 1.21 bits per heavy atom. The number of rotatable bonds is 3. The molecule has 24 heavy (non-hydrogen) atoms. The zero-order valence-corrected chi connectivity index (χ0v) is 14.2. The molecule has 3 nitrogen and oxygen atoms in total. The van der Waals surface area contributed by atoms with Crippen LogP contribution in [0.3, 0.4) is 0 Å². The number of nitrogens with zero attached hydrogens (tertiary/aromatic N) is 3. The van der Waals surface area contributed by atoms with Crippen molar-refractivity contribution in [3.05, 3.63) is 88.4 Å². The minimum Gasteiger partial charge on any atom is -0.309 e. The number of hydrogen-bond donors (Lipinski definition) is 0. The summed E-state index contributed by atoms with van der Waals surface area (Å²) in [6, 6.07) is 27.4. The van der Waals surface area contributed by atoms with Crippen LogP contribution in [0.1, 0.15) is 11.1 Å². The second-order valence-corrected chi connectivity index (χ2v) is 5.93. The standard InChI is InChI=1S/C20H12BrN3/c21-19-12-20(16(14-23)11-15(19)13-22)24(17-7-3-1-4-8-17)18-9-5-2-6-10-18/h1-12H. The maximum absolute atomic E-state index is 9.57. The van der Waals surface area contributed by atoms with Crippen LogP contribution in [0, 0.1) is 22.7 Å². The summed E-state index contributed by atoms with van der Waals surface area (Å²) in [7, 11) is 0. The van der Waals surface area contributed by atoms with Crippen LogP contribution in [-0.2, 0) is 0 Å². The average molecular weight is 374 g/mol. The van der Waals surface area contributed by atoms with Crippen molar-refractivity contribution in [1.82, 2.24) is 0 Å². The second-order valence-electron chi connectivity index (χ2n) is 5.08. The van der Waals surface area contributed by atoms with Gasteiger partial charge < -0.3 is 4.90 Å². The molecule has 0 N–H and O–H groups in total. The predicted molar refractivity (Wildman–Crippen MR) is 98.3 cm³/mol. The van der Waals surface area contributed by atoms with E-state index in [0.29, 0.717) is 15.6 Å². The summed E-state index contributed by atoms with van der Waals surface area (Å²) >= 11 is 3.43. The Balaban J connectivity index is 2.27. The fraction of sp³-hybridized carbons (Fsp3) is 0. The van der Waals surface area contributed by atoms with Crippen LogP contribution in [0.2, 0.25) is 0 Å². The van der Waals surface area contributed by atoms with Gasteiger partial charge in [0, 0.05) is 15.8 Å². The van der Waals surface area contributed by atoms with Crippen molar-refractivity contribution in [2.24, 2.45) is 0 Å². The molecule has 0 fully saturated rings. The van der Waals surface area contributed by atoms with E-state index in [9.17, 15) is 10.5 Å². The van der Waals surface area contributed by atoms with Gasteiger partial charge in [-0.2, -0.15) is 10.5 Å². The summed E-state index contributed by atoms with van der Waals surface area (Å²) in [6.45, 7) is 0. The molecule has 114 valence electrons. The Kier molecular flexibility index (Phi) is 4.61. The molecule has 0 aliphatic heterocycles. The molecule has 0 amide bonds. The van der Waals surface area contributed by atoms with E-state index in [-0.39, 0.29) is 0 Å². The highest BCUT2D eigenvalue weighted by Gasteiger charge is 2.18. The van der Waals surface area contributed by atoms with Gasteiger partial charge >= 0.3 is 0 Å². The molecule has 0 heterocycles. The number of para-hydroxylation sites is 2. The van der Waals surface area contributed by atoms with Gasteiger partial charge in [-0.05, 0) is 52.3 Å². The summed E-state index contributed by atoms with van der Waals surface area (Å²) in [5, 5.41) is 18.8. The van der Waals surface area contributed by atoms with E-state index >= 15 is 0 Å². The highest BCUT2D eigenvalue weighted by atomic mass is 79.9. The SMILES string of the molecule is N#Cc1cc(C#N)c(N(c2ccccc2)c2ccccc2)cc1Br. The molecule has 4 heteroatoms. The van der Waals surface area contributed by atoms with Crippen molar-refractivity contribution >= 4 is 33.0 Å². The molecule has 0 bridgehead atoms. The molecule has 0 aliphatic carbocycles. The predicted octanol–water partition coefficient (Wildman–Crippen LogP) is 5.66. The third-order valence-corrected chi connectivity index (χ3v) is 4.25.